The largest absolute Gasteiger partial charge is 0.465 e. The van der Waals surface area contributed by atoms with Crippen molar-refractivity contribution in [3.8, 4) is 0 Å². The summed E-state index contributed by atoms with van der Waals surface area (Å²) in [6, 6.07) is 4.89. The second kappa shape index (κ2) is 5.98. The number of sulfone groups is 1. The van der Waals surface area contributed by atoms with Crippen LogP contribution in [-0.2, 0) is 24.6 Å². The quantitative estimate of drug-likeness (QED) is 0.726. The van der Waals surface area contributed by atoms with Gasteiger partial charge in [0.1, 0.15) is 0 Å². The predicted octanol–water partition coefficient (Wildman–Crippen LogP) is 0.281. The molecule has 1 saturated heterocycles. The Bertz CT molecular complexity index is 785. The predicted molar refractivity (Wildman–Crippen MR) is 79.8 cm³/mol. The van der Waals surface area contributed by atoms with Crippen molar-refractivity contribution >= 4 is 25.8 Å². The molecule has 1 aliphatic heterocycles. The van der Waals surface area contributed by atoms with Crippen LogP contribution in [-0.4, -0.2) is 58.8 Å². The van der Waals surface area contributed by atoms with E-state index in [1.807, 2.05) is 0 Å². The van der Waals surface area contributed by atoms with Gasteiger partial charge in [0.25, 0.3) is 0 Å². The van der Waals surface area contributed by atoms with Gasteiger partial charge >= 0.3 is 5.97 Å². The Labute approximate surface area is 129 Å². The summed E-state index contributed by atoms with van der Waals surface area (Å²) < 4.78 is 53.8. The van der Waals surface area contributed by atoms with E-state index in [0.717, 1.165) is 4.31 Å². The Kier molecular flexibility index (Phi) is 4.59. The monoisotopic (exact) mass is 347 g/mol. The summed E-state index contributed by atoms with van der Waals surface area (Å²) in [5, 5.41) is 0. The molecule has 0 amide bonds. The Hall–Kier alpha value is -1.45. The molecule has 22 heavy (non-hydrogen) atoms. The molecule has 0 aromatic heterocycles. The Morgan fingerprint density at radius 1 is 1.36 bits per heavy atom. The highest BCUT2D eigenvalue weighted by molar-refractivity contribution is 7.92. The molecule has 0 radical (unpaired) electrons. The average molecular weight is 347 g/mol. The summed E-state index contributed by atoms with van der Waals surface area (Å²) in [4.78, 5) is 11.4. The minimum atomic E-state index is -3.88. The molecule has 7 nitrogen and oxygen atoms in total. The molecule has 0 spiro atoms. The highest BCUT2D eigenvalue weighted by atomic mass is 32.2. The van der Waals surface area contributed by atoms with E-state index in [-0.39, 0.29) is 28.4 Å². The highest BCUT2D eigenvalue weighted by Crippen LogP contribution is 2.24. The number of sulfonamides is 1. The van der Waals surface area contributed by atoms with Gasteiger partial charge in [-0.3, -0.25) is 0 Å². The molecule has 2 rings (SSSR count). The van der Waals surface area contributed by atoms with Crippen molar-refractivity contribution in [2.45, 2.75) is 17.4 Å². The zero-order chi connectivity index (χ0) is 16.5. The second-order valence-corrected chi connectivity index (χ2v) is 9.32. The number of hydrogen-bond donors (Lipinski definition) is 0. The minimum Gasteiger partial charge on any atom is -0.465 e. The SMILES string of the molecule is COC(=O)c1cccc(S(=O)(=O)N(C)[C@@H]2CCS(=O)(=O)C2)c1. The molecule has 1 atom stereocenters. The first-order chi connectivity index (χ1) is 10.2. The molecule has 1 aromatic carbocycles. The van der Waals surface area contributed by atoms with Gasteiger partial charge < -0.3 is 4.74 Å². The van der Waals surface area contributed by atoms with Crippen molar-refractivity contribution in [3.05, 3.63) is 29.8 Å². The summed E-state index contributed by atoms with van der Waals surface area (Å²) in [5.74, 6) is -0.831. The van der Waals surface area contributed by atoms with Gasteiger partial charge in [-0.15, -0.1) is 0 Å². The van der Waals surface area contributed by atoms with Crippen molar-refractivity contribution < 1.29 is 26.4 Å². The van der Waals surface area contributed by atoms with E-state index < -0.39 is 31.9 Å². The van der Waals surface area contributed by atoms with Gasteiger partial charge in [0, 0.05) is 13.1 Å². The van der Waals surface area contributed by atoms with Crippen LogP contribution < -0.4 is 0 Å². The number of ether oxygens (including phenoxy) is 1. The first-order valence-corrected chi connectivity index (χ1v) is 9.80. The van der Waals surface area contributed by atoms with Crippen LogP contribution in [0.2, 0.25) is 0 Å². The van der Waals surface area contributed by atoms with Crippen LogP contribution in [0.15, 0.2) is 29.2 Å². The van der Waals surface area contributed by atoms with Crippen molar-refractivity contribution in [2.75, 3.05) is 25.7 Å². The maximum Gasteiger partial charge on any atom is 0.337 e. The fraction of sp³-hybridized carbons (Fsp3) is 0.462. The fourth-order valence-electron chi connectivity index (χ4n) is 2.33. The molecule has 0 N–H and O–H groups in total. The average Bonchev–Trinajstić information content (AvgIpc) is 2.85. The van der Waals surface area contributed by atoms with Gasteiger partial charge in [0.05, 0.1) is 29.1 Å². The van der Waals surface area contributed by atoms with Gasteiger partial charge in [-0.2, -0.15) is 4.31 Å². The lowest BCUT2D eigenvalue weighted by atomic mass is 10.2. The van der Waals surface area contributed by atoms with E-state index in [1.165, 1.54) is 38.4 Å². The lowest BCUT2D eigenvalue weighted by molar-refractivity contribution is 0.0600. The van der Waals surface area contributed by atoms with E-state index in [1.54, 1.807) is 0 Å². The fourth-order valence-corrected chi connectivity index (χ4v) is 5.63. The summed E-state index contributed by atoms with van der Waals surface area (Å²) in [7, 11) is -4.50. The number of hydrogen-bond acceptors (Lipinski definition) is 6. The van der Waals surface area contributed by atoms with Crippen LogP contribution in [0.5, 0.6) is 0 Å². The number of methoxy groups -OCH3 is 1. The maximum atomic E-state index is 12.6. The van der Waals surface area contributed by atoms with E-state index >= 15 is 0 Å². The molecular formula is C13H17NO6S2. The molecular weight excluding hydrogens is 330 g/mol. The van der Waals surface area contributed by atoms with Crippen LogP contribution in [0.3, 0.4) is 0 Å². The van der Waals surface area contributed by atoms with Gasteiger partial charge in [-0.05, 0) is 24.6 Å². The van der Waals surface area contributed by atoms with Crippen molar-refractivity contribution in [1.82, 2.24) is 4.31 Å². The third-order valence-corrected chi connectivity index (χ3v) is 7.31. The van der Waals surface area contributed by atoms with Crippen LogP contribution in [0.1, 0.15) is 16.8 Å². The maximum absolute atomic E-state index is 12.6. The molecule has 122 valence electrons. The van der Waals surface area contributed by atoms with Gasteiger partial charge in [0.15, 0.2) is 9.84 Å². The highest BCUT2D eigenvalue weighted by Gasteiger charge is 2.36. The molecule has 1 aromatic rings. The molecule has 1 heterocycles. The third-order valence-electron chi connectivity index (χ3n) is 3.65. The van der Waals surface area contributed by atoms with E-state index in [4.69, 9.17) is 0 Å². The number of nitrogens with zero attached hydrogens (tertiary/aromatic N) is 1. The Morgan fingerprint density at radius 3 is 2.59 bits per heavy atom. The Morgan fingerprint density at radius 2 is 2.05 bits per heavy atom. The standard InChI is InChI=1S/C13H17NO6S2/c1-14(11-6-7-21(16,17)9-11)22(18,19)12-5-3-4-10(8-12)13(15)20-2/h3-5,8,11H,6-7,9H2,1-2H3/t11-/m1/s1. The number of esters is 1. The summed E-state index contributed by atoms with van der Waals surface area (Å²) >= 11 is 0. The first-order valence-electron chi connectivity index (χ1n) is 6.54. The zero-order valence-electron chi connectivity index (χ0n) is 12.2. The number of benzene rings is 1. The molecule has 9 heteroatoms. The first kappa shape index (κ1) is 16.9. The summed E-state index contributed by atoms with van der Waals surface area (Å²) in [6.07, 6.45) is 0.273. The van der Waals surface area contributed by atoms with Gasteiger partial charge in [-0.25, -0.2) is 21.6 Å². The van der Waals surface area contributed by atoms with Crippen molar-refractivity contribution in [2.24, 2.45) is 0 Å². The topological polar surface area (TPSA) is 97.8 Å². The number of rotatable bonds is 4. The molecule has 0 aliphatic carbocycles. The lowest BCUT2D eigenvalue weighted by Crippen LogP contribution is -2.37. The van der Waals surface area contributed by atoms with Crippen molar-refractivity contribution in [3.63, 3.8) is 0 Å². The van der Waals surface area contributed by atoms with Gasteiger partial charge in [0.2, 0.25) is 10.0 Å². The van der Waals surface area contributed by atoms with E-state index in [0.29, 0.717) is 0 Å². The smallest absolute Gasteiger partial charge is 0.337 e. The van der Waals surface area contributed by atoms with Crippen LogP contribution >= 0.6 is 0 Å². The minimum absolute atomic E-state index is 0.0142. The second-order valence-electron chi connectivity index (χ2n) is 5.10. The van der Waals surface area contributed by atoms with Crippen LogP contribution in [0.25, 0.3) is 0 Å². The van der Waals surface area contributed by atoms with E-state index in [2.05, 4.69) is 4.74 Å². The summed E-state index contributed by atoms with van der Waals surface area (Å²) in [6.45, 7) is 0. The van der Waals surface area contributed by atoms with Crippen LogP contribution in [0.4, 0.5) is 0 Å². The molecule has 0 bridgehead atoms. The Balaban J connectivity index is 2.32. The molecule has 1 fully saturated rings. The molecule has 0 unspecified atom stereocenters. The van der Waals surface area contributed by atoms with Crippen LogP contribution in [0, 0.1) is 0 Å². The molecule has 0 saturated carbocycles. The molecule has 1 aliphatic rings. The van der Waals surface area contributed by atoms with Crippen molar-refractivity contribution in [1.29, 1.82) is 0 Å². The normalized spacial score (nSPS) is 21.0. The third kappa shape index (κ3) is 3.31. The number of carbonyl (C=O) groups is 1. The lowest BCUT2D eigenvalue weighted by Gasteiger charge is -2.22. The van der Waals surface area contributed by atoms with Gasteiger partial charge in [-0.1, -0.05) is 6.07 Å². The summed E-state index contributed by atoms with van der Waals surface area (Å²) in [5.41, 5.74) is 0.121. The number of carbonyl (C=O) groups excluding carboxylic acids is 1. The van der Waals surface area contributed by atoms with E-state index in [9.17, 15) is 21.6 Å². The zero-order valence-corrected chi connectivity index (χ0v) is 13.9.